The standard InChI is InChI=1S/C18H19FN2O3S/c1-3-25(23,24)21-12(2)10-14-11-13(8-9-17(14)21)18(22)20-16-7-5-4-6-15(16)19/h4-9,11-12H,3,10H2,1-2H3,(H,20,22)/t12-/m1/s1. The quantitative estimate of drug-likeness (QED) is 0.908. The van der Waals surface area contributed by atoms with Crippen molar-refractivity contribution in [2.75, 3.05) is 15.4 Å². The van der Waals surface area contributed by atoms with Crippen LogP contribution in [0.25, 0.3) is 0 Å². The maximum atomic E-state index is 13.7. The number of nitrogens with zero attached hydrogens (tertiary/aromatic N) is 1. The fraction of sp³-hybridized carbons (Fsp3) is 0.278. The van der Waals surface area contributed by atoms with Crippen LogP contribution in [0.2, 0.25) is 0 Å². The summed E-state index contributed by atoms with van der Waals surface area (Å²) in [5, 5.41) is 2.54. The molecule has 1 aliphatic rings. The fourth-order valence-corrected chi connectivity index (χ4v) is 4.44. The Morgan fingerprint density at radius 3 is 2.68 bits per heavy atom. The van der Waals surface area contributed by atoms with Crippen LogP contribution in [0, 0.1) is 5.82 Å². The van der Waals surface area contributed by atoms with E-state index in [0.717, 1.165) is 5.56 Å². The second-order valence-corrected chi connectivity index (χ2v) is 8.16. The first-order chi connectivity index (χ1) is 11.8. The Morgan fingerprint density at radius 1 is 1.28 bits per heavy atom. The van der Waals surface area contributed by atoms with Gasteiger partial charge in [-0.15, -0.1) is 0 Å². The number of hydrogen-bond donors (Lipinski definition) is 1. The third kappa shape index (κ3) is 3.24. The Morgan fingerprint density at radius 2 is 2.00 bits per heavy atom. The van der Waals surface area contributed by atoms with Crippen LogP contribution in [0.3, 0.4) is 0 Å². The van der Waals surface area contributed by atoms with Crippen molar-refractivity contribution in [2.45, 2.75) is 26.3 Å². The van der Waals surface area contributed by atoms with E-state index in [4.69, 9.17) is 0 Å². The molecule has 0 fully saturated rings. The summed E-state index contributed by atoms with van der Waals surface area (Å²) in [6, 6.07) is 10.6. The van der Waals surface area contributed by atoms with E-state index in [0.29, 0.717) is 17.7 Å². The molecule has 7 heteroatoms. The van der Waals surface area contributed by atoms with Gasteiger partial charge >= 0.3 is 0 Å². The zero-order valence-electron chi connectivity index (χ0n) is 14.0. The molecule has 1 heterocycles. The number of amides is 1. The van der Waals surface area contributed by atoms with Gasteiger partial charge in [-0.1, -0.05) is 12.1 Å². The minimum Gasteiger partial charge on any atom is -0.319 e. The summed E-state index contributed by atoms with van der Waals surface area (Å²) in [5.74, 6) is -0.921. The predicted octanol–water partition coefficient (Wildman–Crippen LogP) is 3.18. The highest BCUT2D eigenvalue weighted by Gasteiger charge is 2.34. The average molecular weight is 362 g/mol. The lowest BCUT2D eigenvalue weighted by Gasteiger charge is -2.23. The van der Waals surface area contributed by atoms with Gasteiger partial charge in [-0.25, -0.2) is 12.8 Å². The second kappa shape index (κ2) is 6.48. The van der Waals surface area contributed by atoms with E-state index >= 15 is 0 Å². The number of para-hydroxylation sites is 1. The van der Waals surface area contributed by atoms with Gasteiger partial charge in [0.15, 0.2) is 0 Å². The summed E-state index contributed by atoms with van der Waals surface area (Å²) in [5.41, 5.74) is 1.88. The highest BCUT2D eigenvalue weighted by molar-refractivity contribution is 7.92. The van der Waals surface area contributed by atoms with E-state index in [-0.39, 0.29) is 17.5 Å². The van der Waals surface area contributed by atoms with Crippen LogP contribution in [0.5, 0.6) is 0 Å². The maximum Gasteiger partial charge on any atom is 0.255 e. The smallest absolute Gasteiger partial charge is 0.255 e. The first-order valence-corrected chi connectivity index (χ1v) is 9.65. The van der Waals surface area contributed by atoms with Crippen LogP contribution >= 0.6 is 0 Å². The first kappa shape index (κ1) is 17.4. The molecule has 0 saturated carbocycles. The van der Waals surface area contributed by atoms with Gasteiger partial charge in [-0.3, -0.25) is 9.10 Å². The van der Waals surface area contributed by atoms with Gasteiger partial charge in [-0.2, -0.15) is 0 Å². The molecule has 1 aliphatic heterocycles. The van der Waals surface area contributed by atoms with Crippen LogP contribution < -0.4 is 9.62 Å². The molecule has 3 rings (SSSR count). The number of sulfonamides is 1. The van der Waals surface area contributed by atoms with Gasteiger partial charge < -0.3 is 5.32 Å². The molecule has 5 nitrogen and oxygen atoms in total. The number of carbonyl (C=O) groups excluding carboxylic acids is 1. The molecule has 1 amide bonds. The van der Waals surface area contributed by atoms with Crippen molar-refractivity contribution in [1.29, 1.82) is 0 Å². The van der Waals surface area contributed by atoms with E-state index < -0.39 is 21.7 Å². The molecular formula is C18H19FN2O3S. The molecule has 0 spiro atoms. The number of carbonyl (C=O) groups is 1. The fourth-order valence-electron chi connectivity index (χ4n) is 3.06. The summed E-state index contributed by atoms with van der Waals surface area (Å²) in [6.45, 7) is 3.45. The summed E-state index contributed by atoms with van der Waals surface area (Å²) >= 11 is 0. The van der Waals surface area contributed by atoms with Crippen molar-refractivity contribution in [3.05, 3.63) is 59.4 Å². The van der Waals surface area contributed by atoms with Gasteiger partial charge in [0, 0.05) is 11.6 Å². The minimum absolute atomic E-state index is 0.0201. The average Bonchev–Trinajstić information content (AvgIpc) is 2.92. The highest BCUT2D eigenvalue weighted by Crippen LogP contribution is 2.35. The molecule has 2 aromatic carbocycles. The molecule has 0 aliphatic carbocycles. The lowest BCUT2D eigenvalue weighted by atomic mass is 10.1. The number of fused-ring (bicyclic) bond motifs is 1. The number of hydrogen-bond acceptors (Lipinski definition) is 3. The summed E-state index contributed by atoms with van der Waals surface area (Å²) in [7, 11) is -3.36. The molecule has 1 N–H and O–H groups in total. The number of halogens is 1. The molecule has 2 aromatic rings. The van der Waals surface area contributed by atoms with Crippen molar-refractivity contribution in [3.8, 4) is 0 Å². The minimum atomic E-state index is -3.36. The van der Waals surface area contributed by atoms with Crippen molar-refractivity contribution < 1.29 is 17.6 Å². The van der Waals surface area contributed by atoms with Crippen molar-refractivity contribution in [3.63, 3.8) is 0 Å². The first-order valence-electron chi connectivity index (χ1n) is 8.04. The number of benzene rings is 2. The monoisotopic (exact) mass is 362 g/mol. The van der Waals surface area contributed by atoms with E-state index in [2.05, 4.69) is 5.32 Å². The zero-order chi connectivity index (χ0) is 18.2. The number of nitrogens with one attached hydrogen (secondary N) is 1. The van der Waals surface area contributed by atoms with Gasteiger partial charge in [0.05, 0.1) is 17.1 Å². The third-order valence-electron chi connectivity index (χ3n) is 4.28. The Kier molecular flexibility index (Phi) is 4.51. The van der Waals surface area contributed by atoms with E-state index in [1.54, 1.807) is 37.3 Å². The van der Waals surface area contributed by atoms with Crippen LogP contribution in [0.4, 0.5) is 15.8 Å². The number of rotatable bonds is 4. The molecule has 0 unspecified atom stereocenters. The second-order valence-electron chi connectivity index (χ2n) is 6.03. The van der Waals surface area contributed by atoms with Crippen LogP contribution in [0.15, 0.2) is 42.5 Å². The van der Waals surface area contributed by atoms with Crippen LogP contribution in [0.1, 0.15) is 29.8 Å². The lowest BCUT2D eigenvalue weighted by Crippen LogP contribution is -2.36. The van der Waals surface area contributed by atoms with Crippen LogP contribution in [-0.2, 0) is 16.4 Å². The normalized spacial score (nSPS) is 16.6. The van der Waals surface area contributed by atoms with Gasteiger partial charge in [-0.05, 0) is 56.2 Å². The molecule has 1 atom stereocenters. The van der Waals surface area contributed by atoms with E-state index in [1.165, 1.54) is 16.4 Å². The van der Waals surface area contributed by atoms with Gasteiger partial charge in [0.1, 0.15) is 5.82 Å². The number of anilines is 2. The largest absolute Gasteiger partial charge is 0.319 e. The Hall–Kier alpha value is -2.41. The Balaban J connectivity index is 1.89. The SMILES string of the molecule is CCS(=O)(=O)N1c2ccc(C(=O)Nc3ccccc3F)cc2C[C@H]1C. The highest BCUT2D eigenvalue weighted by atomic mass is 32.2. The lowest BCUT2D eigenvalue weighted by molar-refractivity contribution is 0.102. The van der Waals surface area contributed by atoms with Crippen molar-refractivity contribution in [1.82, 2.24) is 0 Å². The molecule has 132 valence electrons. The van der Waals surface area contributed by atoms with Gasteiger partial charge in [0.2, 0.25) is 10.0 Å². The summed E-state index contributed by atoms with van der Waals surface area (Å²) in [6.07, 6.45) is 0.537. The zero-order valence-corrected chi connectivity index (χ0v) is 14.8. The summed E-state index contributed by atoms with van der Waals surface area (Å²) < 4.78 is 39.6. The molecule has 0 aromatic heterocycles. The van der Waals surface area contributed by atoms with Crippen molar-refractivity contribution in [2.24, 2.45) is 0 Å². The van der Waals surface area contributed by atoms with E-state index in [1.807, 2.05) is 6.92 Å². The Bertz CT molecular complexity index is 928. The van der Waals surface area contributed by atoms with Gasteiger partial charge in [0.25, 0.3) is 5.91 Å². The molecular weight excluding hydrogens is 343 g/mol. The molecule has 25 heavy (non-hydrogen) atoms. The van der Waals surface area contributed by atoms with Crippen LogP contribution in [-0.4, -0.2) is 26.1 Å². The third-order valence-corrected chi connectivity index (χ3v) is 6.17. The molecule has 0 saturated heterocycles. The topological polar surface area (TPSA) is 66.5 Å². The van der Waals surface area contributed by atoms with E-state index in [9.17, 15) is 17.6 Å². The summed E-state index contributed by atoms with van der Waals surface area (Å²) in [4.78, 5) is 12.4. The molecule has 0 bridgehead atoms. The van der Waals surface area contributed by atoms with Crippen molar-refractivity contribution >= 4 is 27.3 Å². The Labute approximate surface area is 146 Å². The predicted molar refractivity (Wildman–Crippen MR) is 95.9 cm³/mol. The maximum absolute atomic E-state index is 13.7. The molecule has 0 radical (unpaired) electrons.